The summed E-state index contributed by atoms with van der Waals surface area (Å²) < 4.78 is 10.6. The molecule has 1 aromatic heterocycles. The van der Waals surface area contributed by atoms with Crippen LogP contribution in [0, 0.1) is 0 Å². The van der Waals surface area contributed by atoms with Crippen LogP contribution in [0.15, 0.2) is 42.5 Å². The number of ether oxygens (including phenoxy) is 2. The van der Waals surface area contributed by atoms with Gasteiger partial charge in [-0.3, -0.25) is 0 Å². The van der Waals surface area contributed by atoms with Crippen molar-refractivity contribution >= 4 is 22.7 Å². The van der Waals surface area contributed by atoms with E-state index in [-0.39, 0.29) is 0 Å². The lowest BCUT2D eigenvalue weighted by Crippen LogP contribution is -2.06. The summed E-state index contributed by atoms with van der Waals surface area (Å²) in [6.07, 6.45) is 0. The van der Waals surface area contributed by atoms with Crippen molar-refractivity contribution in [2.24, 2.45) is 0 Å². The Morgan fingerprint density at radius 2 is 1.70 bits per heavy atom. The lowest BCUT2D eigenvalue weighted by molar-refractivity contribution is 0.356. The molecule has 0 aliphatic rings. The second kappa shape index (κ2) is 6.39. The average Bonchev–Trinajstić information content (AvgIpc) is 2.59. The third kappa shape index (κ3) is 3.11. The number of aromatic nitrogens is 2. The number of rotatable bonds is 5. The monoisotopic (exact) mass is 310 g/mol. The van der Waals surface area contributed by atoms with Gasteiger partial charge in [-0.25, -0.2) is 4.98 Å². The summed E-state index contributed by atoms with van der Waals surface area (Å²) in [6.45, 7) is 0.624. The van der Waals surface area contributed by atoms with Gasteiger partial charge in [0.15, 0.2) is 11.5 Å². The number of nitrogens with one attached hydrogen (secondary N) is 1. The number of hydrogen-bond acceptors (Lipinski definition) is 6. The molecule has 0 unspecified atom stereocenters. The van der Waals surface area contributed by atoms with Crippen molar-refractivity contribution in [1.82, 2.24) is 9.97 Å². The summed E-state index contributed by atoms with van der Waals surface area (Å²) in [5.74, 6) is 2.07. The number of nitrogens with two attached hydrogens (primary N) is 1. The van der Waals surface area contributed by atoms with E-state index < -0.39 is 0 Å². The SMILES string of the molecule is COc1cc2nc(NCc3ccccc3)nc(N)c2cc1OC. The van der Waals surface area contributed by atoms with Crippen LogP contribution < -0.4 is 20.5 Å². The Morgan fingerprint density at radius 3 is 2.39 bits per heavy atom. The molecule has 0 saturated carbocycles. The zero-order valence-electron chi connectivity index (χ0n) is 13.0. The van der Waals surface area contributed by atoms with Crippen molar-refractivity contribution in [1.29, 1.82) is 0 Å². The molecule has 2 aromatic carbocycles. The second-order valence-electron chi connectivity index (χ2n) is 5.00. The van der Waals surface area contributed by atoms with E-state index in [1.165, 1.54) is 0 Å². The van der Waals surface area contributed by atoms with Gasteiger partial charge in [-0.1, -0.05) is 30.3 Å². The molecular formula is C17H18N4O2. The molecular weight excluding hydrogens is 292 g/mol. The van der Waals surface area contributed by atoms with Gasteiger partial charge in [0.05, 0.1) is 19.7 Å². The van der Waals surface area contributed by atoms with Gasteiger partial charge in [-0.2, -0.15) is 4.98 Å². The van der Waals surface area contributed by atoms with E-state index in [2.05, 4.69) is 15.3 Å². The van der Waals surface area contributed by atoms with Crippen LogP contribution in [0.5, 0.6) is 11.5 Å². The van der Waals surface area contributed by atoms with Gasteiger partial charge in [0.2, 0.25) is 5.95 Å². The first-order valence-corrected chi connectivity index (χ1v) is 7.18. The Bertz CT molecular complexity index is 822. The number of fused-ring (bicyclic) bond motifs is 1. The number of anilines is 2. The molecule has 3 aromatic rings. The third-order valence-electron chi connectivity index (χ3n) is 3.52. The van der Waals surface area contributed by atoms with Crippen LogP contribution in [-0.4, -0.2) is 24.2 Å². The van der Waals surface area contributed by atoms with Gasteiger partial charge in [-0.05, 0) is 11.6 Å². The molecule has 6 nitrogen and oxygen atoms in total. The predicted molar refractivity (Wildman–Crippen MR) is 90.8 cm³/mol. The lowest BCUT2D eigenvalue weighted by Gasteiger charge is -2.11. The molecule has 1 heterocycles. The maximum absolute atomic E-state index is 6.05. The minimum absolute atomic E-state index is 0.395. The van der Waals surface area contributed by atoms with Crippen LogP contribution in [0.1, 0.15) is 5.56 Å². The lowest BCUT2D eigenvalue weighted by atomic mass is 10.2. The van der Waals surface area contributed by atoms with Crippen LogP contribution in [0.3, 0.4) is 0 Å². The molecule has 118 valence electrons. The normalized spacial score (nSPS) is 10.5. The fraction of sp³-hybridized carbons (Fsp3) is 0.176. The number of methoxy groups -OCH3 is 2. The Hall–Kier alpha value is -3.02. The van der Waals surface area contributed by atoms with Gasteiger partial charge < -0.3 is 20.5 Å². The molecule has 0 fully saturated rings. The summed E-state index contributed by atoms with van der Waals surface area (Å²) in [5.41, 5.74) is 7.89. The van der Waals surface area contributed by atoms with Gasteiger partial charge in [0, 0.05) is 18.0 Å². The van der Waals surface area contributed by atoms with Crippen LogP contribution in [-0.2, 0) is 6.54 Å². The summed E-state index contributed by atoms with van der Waals surface area (Å²) in [4.78, 5) is 8.80. The Kier molecular flexibility index (Phi) is 4.14. The fourth-order valence-corrected chi connectivity index (χ4v) is 2.34. The fourth-order valence-electron chi connectivity index (χ4n) is 2.34. The summed E-state index contributed by atoms with van der Waals surface area (Å²) >= 11 is 0. The summed E-state index contributed by atoms with van der Waals surface area (Å²) in [7, 11) is 3.17. The first-order chi connectivity index (χ1) is 11.2. The van der Waals surface area contributed by atoms with Gasteiger partial charge >= 0.3 is 0 Å². The molecule has 0 aliphatic carbocycles. The Balaban J connectivity index is 1.93. The van der Waals surface area contributed by atoms with E-state index in [4.69, 9.17) is 15.2 Å². The van der Waals surface area contributed by atoms with E-state index >= 15 is 0 Å². The summed E-state index contributed by atoms with van der Waals surface area (Å²) in [5, 5.41) is 3.92. The zero-order valence-corrected chi connectivity index (χ0v) is 13.0. The number of nitrogen functional groups attached to an aromatic ring is 1. The van der Waals surface area contributed by atoms with Gasteiger partial charge in [0.1, 0.15) is 5.82 Å². The highest BCUT2D eigenvalue weighted by atomic mass is 16.5. The molecule has 3 N–H and O–H groups in total. The van der Waals surface area contributed by atoms with Crippen molar-refractivity contribution in [2.75, 3.05) is 25.3 Å². The van der Waals surface area contributed by atoms with E-state index in [0.717, 1.165) is 10.9 Å². The quantitative estimate of drug-likeness (QED) is 0.754. The van der Waals surface area contributed by atoms with E-state index in [1.807, 2.05) is 30.3 Å². The largest absolute Gasteiger partial charge is 0.493 e. The minimum Gasteiger partial charge on any atom is -0.493 e. The highest BCUT2D eigenvalue weighted by Gasteiger charge is 2.11. The average molecular weight is 310 g/mol. The molecule has 0 saturated heterocycles. The molecule has 0 amide bonds. The van der Waals surface area contributed by atoms with Gasteiger partial charge in [-0.15, -0.1) is 0 Å². The third-order valence-corrected chi connectivity index (χ3v) is 3.52. The zero-order chi connectivity index (χ0) is 16.2. The number of nitrogens with zero attached hydrogens (tertiary/aromatic N) is 2. The second-order valence-corrected chi connectivity index (χ2v) is 5.00. The number of benzene rings is 2. The summed E-state index contributed by atoms with van der Waals surface area (Å²) in [6, 6.07) is 13.6. The first-order valence-electron chi connectivity index (χ1n) is 7.18. The first kappa shape index (κ1) is 14.9. The van der Waals surface area contributed by atoms with Gasteiger partial charge in [0.25, 0.3) is 0 Å². The Labute approximate surface area is 134 Å². The van der Waals surface area contributed by atoms with Crippen molar-refractivity contribution < 1.29 is 9.47 Å². The Morgan fingerprint density at radius 1 is 1.00 bits per heavy atom. The van der Waals surface area contributed by atoms with E-state index in [9.17, 15) is 0 Å². The van der Waals surface area contributed by atoms with Crippen molar-refractivity contribution in [3.05, 3.63) is 48.0 Å². The highest BCUT2D eigenvalue weighted by molar-refractivity contribution is 5.91. The van der Waals surface area contributed by atoms with E-state index in [1.54, 1.807) is 26.4 Å². The van der Waals surface area contributed by atoms with Crippen molar-refractivity contribution in [2.45, 2.75) is 6.54 Å². The maximum Gasteiger partial charge on any atom is 0.225 e. The molecule has 0 aliphatic heterocycles. The van der Waals surface area contributed by atoms with Crippen LogP contribution in [0.25, 0.3) is 10.9 Å². The smallest absolute Gasteiger partial charge is 0.225 e. The number of hydrogen-bond donors (Lipinski definition) is 2. The van der Waals surface area contributed by atoms with Crippen LogP contribution in [0.4, 0.5) is 11.8 Å². The molecule has 0 bridgehead atoms. The maximum atomic E-state index is 6.05. The van der Waals surface area contributed by atoms with Crippen LogP contribution in [0.2, 0.25) is 0 Å². The predicted octanol–water partition coefficient (Wildman–Crippen LogP) is 2.84. The molecule has 0 atom stereocenters. The highest BCUT2D eigenvalue weighted by Crippen LogP contribution is 2.33. The van der Waals surface area contributed by atoms with Crippen molar-refractivity contribution in [3.8, 4) is 11.5 Å². The molecule has 23 heavy (non-hydrogen) atoms. The minimum atomic E-state index is 0.395. The van der Waals surface area contributed by atoms with Crippen molar-refractivity contribution in [3.63, 3.8) is 0 Å². The molecule has 0 spiro atoms. The topological polar surface area (TPSA) is 82.3 Å². The molecule has 6 heteroatoms. The molecule has 3 rings (SSSR count). The molecule has 0 radical (unpaired) electrons. The van der Waals surface area contributed by atoms with Crippen LogP contribution >= 0.6 is 0 Å². The van der Waals surface area contributed by atoms with E-state index in [0.29, 0.717) is 35.3 Å². The standard InChI is InChI=1S/C17H18N4O2/c1-22-14-8-12-13(9-15(14)23-2)20-17(21-16(12)18)19-10-11-6-4-3-5-7-11/h3-9H,10H2,1-2H3,(H3,18,19,20,21).